The Morgan fingerprint density at radius 1 is 1.15 bits per heavy atom. The van der Waals surface area contributed by atoms with Crippen molar-refractivity contribution in [1.82, 2.24) is 19.4 Å². The number of carbonyl (C=O) groups excluding carboxylic acids is 1. The molecule has 0 spiro atoms. The molecule has 2 aliphatic rings. The Balaban J connectivity index is 1.37. The normalized spacial score (nSPS) is 17.6. The first-order chi connectivity index (χ1) is 19.4. The van der Waals surface area contributed by atoms with E-state index in [4.69, 9.17) is 10.5 Å². The molecule has 40 heavy (non-hydrogen) atoms. The molecule has 2 fully saturated rings. The SMILES string of the molecule is Cc1c(-c2ccc(Oc3ccccc3)cc2F)c2c(N)ncnc2n1[C@@H]1CCCN(C(=O)/C(C#N)=C/C2CC2)C1. The number of nitrogen functional groups attached to an aromatic ring is 1. The van der Waals surface area contributed by atoms with Crippen molar-refractivity contribution < 1.29 is 13.9 Å². The molecular formula is C31H29FN6O2. The van der Waals surface area contributed by atoms with E-state index in [-0.39, 0.29) is 23.3 Å². The summed E-state index contributed by atoms with van der Waals surface area (Å²) >= 11 is 0. The number of nitrogens with two attached hydrogens (primary N) is 1. The third-order valence-electron chi connectivity index (χ3n) is 7.67. The van der Waals surface area contributed by atoms with Crippen LogP contribution in [0.2, 0.25) is 0 Å². The third-order valence-corrected chi connectivity index (χ3v) is 7.67. The van der Waals surface area contributed by atoms with E-state index in [2.05, 4.69) is 16.0 Å². The molecule has 1 saturated carbocycles. The monoisotopic (exact) mass is 536 g/mol. The Morgan fingerprint density at radius 2 is 1.95 bits per heavy atom. The number of anilines is 1. The van der Waals surface area contributed by atoms with Gasteiger partial charge in [-0.2, -0.15) is 5.26 Å². The Morgan fingerprint density at radius 3 is 2.67 bits per heavy atom. The van der Waals surface area contributed by atoms with Crippen LogP contribution in [0.15, 0.2) is 66.5 Å². The number of benzene rings is 2. The van der Waals surface area contributed by atoms with Gasteiger partial charge in [0.1, 0.15) is 46.8 Å². The molecule has 4 aromatic rings. The number of hydrogen-bond acceptors (Lipinski definition) is 6. The molecule has 9 heteroatoms. The van der Waals surface area contributed by atoms with Crippen molar-refractivity contribution in [1.29, 1.82) is 5.26 Å². The number of nitriles is 1. The van der Waals surface area contributed by atoms with E-state index in [0.29, 0.717) is 52.7 Å². The molecule has 2 aromatic carbocycles. The minimum Gasteiger partial charge on any atom is -0.457 e. The van der Waals surface area contributed by atoms with E-state index in [1.807, 2.05) is 35.8 Å². The molecule has 3 heterocycles. The van der Waals surface area contributed by atoms with Crippen LogP contribution < -0.4 is 10.5 Å². The lowest BCUT2D eigenvalue weighted by atomic mass is 10.0. The largest absolute Gasteiger partial charge is 0.457 e. The number of piperidine rings is 1. The molecule has 2 aromatic heterocycles. The number of allylic oxidation sites excluding steroid dienone is 1. The van der Waals surface area contributed by atoms with Gasteiger partial charge < -0.3 is 19.9 Å². The van der Waals surface area contributed by atoms with Crippen molar-refractivity contribution in [2.75, 3.05) is 18.8 Å². The van der Waals surface area contributed by atoms with E-state index in [0.717, 1.165) is 31.4 Å². The number of carbonyl (C=O) groups is 1. The second-order valence-corrected chi connectivity index (χ2v) is 10.4. The minimum atomic E-state index is -0.455. The van der Waals surface area contributed by atoms with Gasteiger partial charge in [0.15, 0.2) is 0 Å². The molecule has 0 radical (unpaired) electrons. The number of para-hydroxylation sites is 1. The van der Waals surface area contributed by atoms with Crippen LogP contribution in [-0.2, 0) is 4.79 Å². The quantitative estimate of drug-likeness (QED) is 0.241. The number of nitrogens with zero attached hydrogens (tertiary/aromatic N) is 5. The maximum absolute atomic E-state index is 15.7. The first-order valence-electron chi connectivity index (χ1n) is 13.5. The minimum absolute atomic E-state index is 0.118. The van der Waals surface area contributed by atoms with Crippen molar-refractivity contribution >= 4 is 22.8 Å². The van der Waals surface area contributed by atoms with Crippen molar-refractivity contribution in [3.8, 4) is 28.7 Å². The molecule has 1 aliphatic heterocycles. The number of hydrogen-bond donors (Lipinski definition) is 1. The summed E-state index contributed by atoms with van der Waals surface area (Å²) in [4.78, 5) is 23.7. The molecule has 2 N–H and O–H groups in total. The van der Waals surface area contributed by atoms with Crippen molar-refractivity contribution in [3.63, 3.8) is 0 Å². The van der Waals surface area contributed by atoms with Gasteiger partial charge in [-0.1, -0.05) is 24.3 Å². The van der Waals surface area contributed by atoms with Crippen LogP contribution >= 0.6 is 0 Å². The first kappa shape index (κ1) is 25.6. The van der Waals surface area contributed by atoms with Crippen LogP contribution in [0.4, 0.5) is 10.2 Å². The van der Waals surface area contributed by atoms with Gasteiger partial charge in [-0.25, -0.2) is 14.4 Å². The zero-order valence-electron chi connectivity index (χ0n) is 22.2. The Kier molecular flexibility index (Phi) is 6.68. The summed E-state index contributed by atoms with van der Waals surface area (Å²) in [7, 11) is 0. The fourth-order valence-corrected chi connectivity index (χ4v) is 5.61. The molecule has 0 bridgehead atoms. The summed E-state index contributed by atoms with van der Waals surface area (Å²) in [6, 6.07) is 16.0. The lowest BCUT2D eigenvalue weighted by Crippen LogP contribution is -2.41. The van der Waals surface area contributed by atoms with E-state index in [9.17, 15) is 10.1 Å². The second-order valence-electron chi connectivity index (χ2n) is 10.4. The molecule has 1 aliphatic carbocycles. The maximum Gasteiger partial charge on any atom is 0.264 e. The first-order valence-corrected chi connectivity index (χ1v) is 13.5. The Hall–Kier alpha value is -4.71. The highest BCUT2D eigenvalue weighted by Crippen LogP contribution is 2.41. The molecule has 0 unspecified atom stereocenters. The van der Waals surface area contributed by atoms with E-state index < -0.39 is 5.82 Å². The highest BCUT2D eigenvalue weighted by Gasteiger charge is 2.32. The molecule has 1 saturated heterocycles. The summed E-state index contributed by atoms with van der Waals surface area (Å²) in [6.07, 6.45) is 6.83. The number of aromatic nitrogens is 3. The van der Waals surface area contributed by atoms with Gasteiger partial charge in [-0.3, -0.25) is 4.79 Å². The Bertz CT molecular complexity index is 1670. The standard InChI is InChI=1S/C31H29FN6O2/c1-19-27(25-12-11-24(15-26(25)32)40-23-7-3-2-4-8-23)28-29(34)35-18-36-30(28)38(19)22-6-5-13-37(17-22)31(39)21(16-33)14-20-9-10-20/h2-4,7-8,11-12,14-15,18,20,22H,5-6,9-10,13,17H2,1H3,(H2,34,35,36)/b21-14+/t22-/m1/s1. The van der Waals surface area contributed by atoms with Crippen LogP contribution in [0.5, 0.6) is 11.5 Å². The topological polar surface area (TPSA) is 110 Å². The van der Waals surface area contributed by atoms with E-state index in [1.165, 1.54) is 12.4 Å². The van der Waals surface area contributed by atoms with Crippen molar-refractivity contribution in [2.24, 2.45) is 5.92 Å². The van der Waals surface area contributed by atoms with Gasteiger partial charge in [-0.15, -0.1) is 0 Å². The van der Waals surface area contributed by atoms with Gasteiger partial charge in [0.05, 0.1) is 11.4 Å². The fourth-order valence-electron chi connectivity index (χ4n) is 5.61. The number of amides is 1. The van der Waals surface area contributed by atoms with E-state index in [1.54, 1.807) is 29.2 Å². The number of fused-ring (bicyclic) bond motifs is 1. The van der Waals surface area contributed by atoms with Gasteiger partial charge in [0.2, 0.25) is 0 Å². The lowest BCUT2D eigenvalue weighted by Gasteiger charge is -2.34. The average molecular weight is 537 g/mol. The lowest BCUT2D eigenvalue weighted by molar-refractivity contribution is -0.128. The molecule has 1 amide bonds. The molecule has 6 rings (SSSR count). The second kappa shape index (κ2) is 10.5. The van der Waals surface area contributed by atoms with Crippen LogP contribution in [0.25, 0.3) is 22.2 Å². The highest BCUT2D eigenvalue weighted by molar-refractivity contribution is 6.02. The maximum atomic E-state index is 15.7. The third kappa shape index (κ3) is 4.77. The highest BCUT2D eigenvalue weighted by atomic mass is 19.1. The fraction of sp³-hybridized carbons (Fsp3) is 0.290. The zero-order valence-corrected chi connectivity index (χ0v) is 22.2. The predicted octanol–water partition coefficient (Wildman–Crippen LogP) is 5.94. The predicted molar refractivity (Wildman–Crippen MR) is 150 cm³/mol. The van der Waals surface area contributed by atoms with Gasteiger partial charge in [0, 0.05) is 36.0 Å². The van der Waals surface area contributed by atoms with Crippen LogP contribution in [0.1, 0.15) is 37.4 Å². The number of halogens is 1. The summed E-state index contributed by atoms with van der Waals surface area (Å²) in [5, 5.41) is 10.2. The van der Waals surface area contributed by atoms with Gasteiger partial charge in [0.25, 0.3) is 5.91 Å². The van der Waals surface area contributed by atoms with Crippen LogP contribution in [0.3, 0.4) is 0 Å². The van der Waals surface area contributed by atoms with Crippen LogP contribution in [-0.4, -0.2) is 38.4 Å². The molecular weight excluding hydrogens is 507 g/mol. The molecule has 8 nitrogen and oxygen atoms in total. The molecule has 1 atom stereocenters. The van der Waals surface area contributed by atoms with Crippen LogP contribution in [0, 0.1) is 30.0 Å². The van der Waals surface area contributed by atoms with Gasteiger partial charge >= 0.3 is 0 Å². The summed E-state index contributed by atoms with van der Waals surface area (Å²) < 4.78 is 23.5. The Labute approximate surface area is 231 Å². The van der Waals surface area contributed by atoms with Crippen molar-refractivity contribution in [2.45, 2.75) is 38.6 Å². The summed E-state index contributed by atoms with van der Waals surface area (Å²) in [5.74, 6) is 0.894. The number of rotatable bonds is 6. The average Bonchev–Trinajstić information content (AvgIpc) is 3.74. The molecule has 202 valence electrons. The number of likely N-dealkylation sites (tertiary alicyclic amines) is 1. The van der Waals surface area contributed by atoms with Gasteiger partial charge in [-0.05, 0) is 62.8 Å². The van der Waals surface area contributed by atoms with Crippen molar-refractivity contribution in [3.05, 3.63) is 78.0 Å². The number of ether oxygens (including phenoxy) is 1. The zero-order chi connectivity index (χ0) is 27.8. The smallest absolute Gasteiger partial charge is 0.264 e. The summed E-state index contributed by atoms with van der Waals surface area (Å²) in [5.41, 5.74) is 8.93. The summed E-state index contributed by atoms with van der Waals surface area (Å²) in [6.45, 7) is 2.92. The van der Waals surface area contributed by atoms with E-state index >= 15 is 4.39 Å².